The van der Waals surface area contributed by atoms with Gasteiger partial charge in [-0.2, -0.15) is 0 Å². The first kappa shape index (κ1) is 15.0. The van der Waals surface area contributed by atoms with Crippen LogP contribution in [0, 0.1) is 11.8 Å². The number of nitroso groups, excluding NO2 is 1. The van der Waals surface area contributed by atoms with E-state index in [4.69, 9.17) is 4.74 Å². The summed E-state index contributed by atoms with van der Waals surface area (Å²) in [4.78, 5) is 10.5. The van der Waals surface area contributed by atoms with Crippen molar-refractivity contribution in [1.29, 1.82) is 0 Å². The van der Waals surface area contributed by atoms with E-state index in [1.54, 1.807) is 7.05 Å². The van der Waals surface area contributed by atoms with Crippen LogP contribution in [0.3, 0.4) is 0 Å². The molecule has 0 unspecified atom stereocenters. The number of nitrogens with zero attached hydrogens (tertiary/aromatic N) is 2. The third-order valence-electron chi connectivity index (χ3n) is 3.39. The van der Waals surface area contributed by atoms with Crippen molar-refractivity contribution in [3.8, 4) is 5.75 Å². The molecular formula is C17H20N2O2. The first-order chi connectivity index (χ1) is 10.2. The molecule has 0 heterocycles. The van der Waals surface area contributed by atoms with Gasteiger partial charge in [-0.05, 0) is 24.1 Å². The summed E-state index contributed by atoms with van der Waals surface area (Å²) in [6.45, 7) is 2.57. The van der Waals surface area contributed by atoms with Crippen LogP contribution in [-0.4, -0.2) is 18.6 Å². The van der Waals surface area contributed by atoms with Gasteiger partial charge in [-0.25, -0.2) is 0 Å². The second-order valence-corrected chi connectivity index (χ2v) is 5.03. The molecule has 110 valence electrons. The molecule has 0 amide bonds. The number of para-hydroxylation sites is 1. The Morgan fingerprint density at radius 2 is 1.76 bits per heavy atom. The molecule has 0 aliphatic rings. The number of ether oxygens (including phenoxy) is 1. The first-order valence-corrected chi connectivity index (χ1v) is 7.02. The summed E-state index contributed by atoms with van der Waals surface area (Å²) in [5.41, 5.74) is 2.19. The molecule has 0 radical (unpaired) electrons. The van der Waals surface area contributed by atoms with Crippen LogP contribution in [0.15, 0.2) is 59.9 Å². The molecule has 0 N–H and O–H groups in total. The quantitative estimate of drug-likeness (QED) is 0.567. The zero-order chi connectivity index (χ0) is 15.1. The van der Waals surface area contributed by atoms with Crippen molar-refractivity contribution in [3.05, 3.63) is 70.6 Å². The van der Waals surface area contributed by atoms with Crippen LogP contribution in [0.5, 0.6) is 5.75 Å². The minimum Gasteiger partial charge on any atom is -0.485 e. The van der Waals surface area contributed by atoms with Crippen LogP contribution in [0.25, 0.3) is 0 Å². The molecule has 4 heteroatoms. The first-order valence-electron chi connectivity index (χ1n) is 7.02. The summed E-state index contributed by atoms with van der Waals surface area (Å²) < 4.78 is 6.16. The van der Waals surface area contributed by atoms with Crippen LogP contribution in [0.2, 0.25) is 0 Å². The average molecular weight is 284 g/mol. The second kappa shape index (κ2) is 7.43. The molecule has 1 atom stereocenters. The van der Waals surface area contributed by atoms with Gasteiger partial charge in [0.1, 0.15) is 11.9 Å². The Bertz CT molecular complexity index is 572. The van der Waals surface area contributed by atoms with Gasteiger partial charge in [0.05, 0.1) is 5.29 Å². The molecule has 2 aromatic carbocycles. The van der Waals surface area contributed by atoms with E-state index in [9.17, 15) is 4.91 Å². The van der Waals surface area contributed by atoms with E-state index in [2.05, 4.69) is 5.29 Å². The van der Waals surface area contributed by atoms with Crippen molar-refractivity contribution in [3.63, 3.8) is 0 Å². The van der Waals surface area contributed by atoms with Gasteiger partial charge in [-0.1, -0.05) is 48.5 Å². The zero-order valence-electron chi connectivity index (χ0n) is 12.4. The summed E-state index contributed by atoms with van der Waals surface area (Å²) in [6, 6.07) is 18.0. The second-order valence-electron chi connectivity index (χ2n) is 5.03. The van der Waals surface area contributed by atoms with Crippen LogP contribution < -0.4 is 4.74 Å². The Morgan fingerprint density at radius 3 is 2.43 bits per heavy atom. The summed E-state index contributed by atoms with van der Waals surface area (Å²) in [7, 11) is 1.67. The average Bonchev–Trinajstić information content (AvgIpc) is 2.53. The van der Waals surface area contributed by atoms with E-state index in [-0.39, 0.29) is 6.10 Å². The molecule has 0 aliphatic heterocycles. The molecule has 2 rings (SSSR count). The third-order valence-corrected chi connectivity index (χ3v) is 3.39. The van der Waals surface area contributed by atoms with Gasteiger partial charge >= 0.3 is 0 Å². The maximum absolute atomic E-state index is 10.5. The smallest absolute Gasteiger partial charge is 0.125 e. The molecule has 0 saturated heterocycles. The van der Waals surface area contributed by atoms with Crippen LogP contribution in [0.1, 0.15) is 23.7 Å². The topological polar surface area (TPSA) is 41.9 Å². The van der Waals surface area contributed by atoms with Crippen molar-refractivity contribution in [1.82, 2.24) is 5.01 Å². The lowest BCUT2D eigenvalue weighted by molar-refractivity contribution is 0.173. The highest BCUT2D eigenvalue weighted by Crippen LogP contribution is 2.27. The molecular weight excluding hydrogens is 264 g/mol. The van der Waals surface area contributed by atoms with Crippen molar-refractivity contribution in [2.75, 3.05) is 13.6 Å². The predicted molar refractivity (Wildman–Crippen MR) is 84.0 cm³/mol. The van der Waals surface area contributed by atoms with Crippen LogP contribution in [-0.2, 0) is 0 Å². The maximum Gasteiger partial charge on any atom is 0.125 e. The Hall–Kier alpha value is -2.36. The number of hydrogen-bond donors (Lipinski definition) is 0. The highest BCUT2D eigenvalue weighted by molar-refractivity contribution is 5.33. The van der Waals surface area contributed by atoms with Gasteiger partial charge in [0.25, 0.3) is 0 Å². The molecule has 0 saturated carbocycles. The van der Waals surface area contributed by atoms with E-state index in [1.807, 2.05) is 61.5 Å². The molecule has 0 bridgehead atoms. The molecule has 0 aromatic heterocycles. The Kier molecular flexibility index (Phi) is 5.32. The standard InChI is InChI=1S/C17H20N2O2/c1-14-8-6-7-11-16(14)21-17(12-13-19(2)18-20)15-9-4-3-5-10-15/h3-11,17H,12-13H2,1-2H3/t17-/m0/s1. The monoisotopic (exact) mass is 284 g/mol. The van der Waals surface area contributed by atoms with Gasteiger partial charge in [-0.3, -0.25) is 5.01 Å². The number of hydrogen-bond acceptors (Lipinski definition) is 3. The fourth-order valence-electron chi connectivity index (χ4n) is 2.15. The normalized spacial score (nSPS) is 11.7. The van der Waals surface area contributed by atoms with Gasteiger partial charge in [0.15, 0.2) is 0 Å². The van der Waals surface area contributed by atoms with Crippen molar-refractivity contribution < 1.29 is 4.74 Å². The highest BCUT2D eigenvalue weighted by atomic mass is 16.5. The summed E-state index contributed by atoms with van der Waals surface area (Å²) in [5, 5.41) is 4.29. The highest BCUT2D eigenvalue weighted by Gasteiger charge is 2.15. The number of benzene rings is 2. The fraction of sp³-hybridized carbons (Fsp3) is 0.294. The van der Waals surface area contributed by atoms with Gasteiger partial charge < -0.3 is 4.74 Å². The van der Waals surface area contributed by atoms with Crippen LogP contribution >= 0.6 is 0 Å². The lowest BCUT2D eigenvalue weighted by atomic mass is 10.1. The zero-order valence-corrected chi connectivity index (χ0v) is 12.4. The Morgan fingerprint density at radius 1 is 1.10 bits per heavy atom. The largest absolute Gasteiger partial charge is 0.485 e. The van der Waals surface area contributed by atoms with Gasteiger partial charge in [-0.15, -0.1) is 4.91 Å². The van der Waals surface area contributed by atoms with E-state index in [0.29, 0.717) is 13.0 Å². The van der Waals surface area contributed by atoms with E-state index in [0.717, 1.165) is 16.9 Å². The minimum atomic E-state index is -0.100. The Labute approximate surface area is 125 Å². The molecule has 0 spiro atoms. The summed E-state index contributed by atoms with van der Waals surface area (Å²) >= 11 is 0. The van der Waals surface area contributed by atoms with E-state index >= 15 is 0 Å². The lowest BCUT2D eigenvalue weighted by Gasteiger charge is -2.22. The molecule has 2 aromatic rings. The van der Waals surface area contributed by atoms with Gasteiger partial charge in [0, 0.05) is 20.0 Å². The number of rotatable bonds is 7. The fourth-order valence-corrected chi connectivity index (χ4v) is 2.15. The number of aryl methyl sites for hydroxylation is 1. The molecule has 0 aliphatic carbocycles. The van der Waals surface area contributed by atoms with Crippen molar-refractivity contribution in [2.45, 2.75) is 19.4 Å². The van der Waals surface area contributed by atoms with Crippen molar-refractivity contribution in [2.24, 2.45) is 5.29 Å². The molecule has 0 fully saturated rings. The van der Waals surface area contributed by atoms with E-state index in [1.165, 1.54) is 5.01 Å². The molecule has 21 heavy (non-hydrogen) atoms. The molecule has 4 nitrogen and oxygen atoms in total. The third kappa shape index (κ3) is 4.31. The summed E-state index contributed by atoms with van der Waals surface area (Å²) in [5.74, 6) is 0.869. The summed E-state index contributed by atoms with van der Waals surface area (Å²) in [6.07, 6.45) is 0.595. The minimum absolute atomic E-state index is 0.100. The van der Waals surface area contributed by atoms with Crippen LogP contribution in [0.4, 0.5) is 0 Å². The lowest BCUT2D eigenvalue weighted by Crippen LogP contribution is -2.18. The Balaban J connectivity index is 2.16. The maximum atomic E-state index is 10.5. The SMILES string of the molecule is Cc1ccccc1O[C@@H](CCN(C)N=O)c1ccccc1. The van der Waals surface area contributed by atoms with Gasteiger partial charge in [0.2, 0.25) is 0 Å². The van der Waals surface area contributed by atoms with E-state index < -0.39 is 0 Å². The predicted octanol–water partition coefficient (Wildman–Crippen LogP) is 4.12. The van der Waals surface area contributed by atoms with Crippen molar-refractivity contribution >= 4 is 0 Å².